The monoisotopic (exact) mass is 301 g/mol. The molecule has 1 aliphatic rings. The molecule has 3 heterocycles. The van der Waals surface area contributed by atoms with E-state index in [0.29, 0.717) is 12.2 Å². The SMILES string of the molecule is CCc1cnc(N2CCN(Cc3ncccc3F)CC2)nc1. The fourth-order valence-electron chi connectivity index (χ4n) is 2.55. The van der Waals surface area contributed by atoms with Crippen molar-refractivity contribution in [1.82, 2.24) is 19.9 Å². The van der Waals surface area contributed by atoms with Crippen LogP contribution in [0, 0.1) is 5.82 Å². The van der Waals surface area contributed by atoms with E-state index >= 15 is 0 Å². The van der Waals surface area contributed by atoms with Gasteiger partial charge in [0.1, 0.15) is 5.82 Å². The molecule has 1 fully saturated rings. The minimum absolute atomic E-state index is 0.233. The molecule has 3 rings (SSSR count). The van der Waals surface area contributed by atoms with Crippen LogP contribution in [0.25, 0.3) is 0 Å². The number of nitrogens with zero attached hydrogens (tertiary/aromatic N) is 5. The van der Waals surface area contributed by atoms with Crippen molar-refractivity contribution < 1.29 is 4.39 Å². The minimum atomic E-state index is -0.233. The lowest BCUT2D eigenvalue weighted by molar-refractivity contribution is 0.242. The van der Waals surface area contributed by atoms with E-state index in [2.05, 4.69) is 31.7 Å². The summed E-state index contributed by atoms with van der Waals surface area (Å²) in [5, 5.41) is 0. The minimum Gasteiger partial charge on any atom is -0.338 e. The maximum atomic E-state index is 13.6. The molecular weight excluding hydrogens is 281 g/mol. The Hall–Kier alpha value is -2.08. The van der Waals surface area contributed by atoms with Gasteiger partial charge in [-0.25, -0.2) is 14.4 Å². The predicted molar refractivity (Wildman–Crippen MR) is 83.1 cm³/mol. The Morgan fingerprint density at radius 3 is 2.45 bits per heavy atom. The number of anilines is 1. The van der Waals surface area contributed by atoms with Gasteiger partial charge in [0, 0.05) is 51.3 Å². The van der Waals surface area contributed by atoms with Gasteiger partial charge in [-0.15, -0.1) is 0 Å². The first-order valence-electron chi connectivity index (χ1n) is 7.64. The van der Waals surface area contributed by atoms with Crippen LogP contribution in [0.1, 0.15) is 18.2 Å². The van der Waals surface area contributed by atoms with Gasteiger partial charge < -0.3 is 4.90 Å². The van der Waals surface area contributed by atoms with Crippen LogP contribution >= 0.6 is 0 Å². The first kappa shape index (κ1) is 14.8. The van der Waals surface area contributed by atoms with Crippen molar-refractivity contribution in [3.8, 4) is 0 Å². The second kappa shape index (κ2) is 6.79. The summed E-state index contributed by atoms with van der Waals surface area (Å²) in [6.45, 7) is 6.05. The molecule has 0 atom stereocenters. The molecule has 0 amide bonds. The summed E-state index contributed by atoms with van der Waals surface area (Å²) in [7, 11) is 0. The molecule has 2 aromatic rings. The zero-order valence-corrected chi connectivity index (χ0v) is 12.7. The number of aromatic nitrogens is 3. The van der Waals surface area contributed by atoms with Gasteiger partial charge in [0.15, 0.2) is 0 Å². The van der Waals surface area contributed by atoms with Gasteiger partial charge in [-0.1, -0.05) is 6.92 Å². The van der Waals surface area contributed by atoms with Gasteiger partial charge in [-0.2, -0.15) is 0 Å². The number of aryl methyl sites for hydroxylation is 1. The highest BCUT2D eigenvalue weighted by molar-refractivity contribution is 5.30. The van der Waals surface area contributed by atoms with Gasteiger partial charge >= 0.3 is 0 Å². The molecule has 0 bridgehead atoms. The Kier molecular flexibility index (Phi) is 4.58. The van der Waals surface area contributed by atoms with E-state index in [-0.39, 0.29) is 5.82 Å². The molecule has 116 valence electrons. The van der Waals surface area contributed by atoms with Crippen molar-refractivity contribution >= 4 is 5.95 Å². The summed E-state index contributed by atoms with van der Waals surface area (Å²) in [6, 6.07) is 3.08. The van der Waals surface area contributed by atoms with Crippen LogP contribution in [0.2, 0.25) is 0 Å². The van der Waals surface area contributed by atoms with E-state index in [1.54, 1.807) is 12.3 Å². The van der Waals surface area contributed by atoms with E-state index in [0.717, 1.165) is 44.1 Å². The maximum Gasteiger partial charge on any atom is 0.225 e. The molecule has 6 heteroatoms. The van der Waals surface area contributed by atoms with Crippen molar-refractivity contribution in [2.45, 2.75) is 19.9 Å². The zero-order chi connectivity index (χ0) is 15.4. The van der Waals surface area contributed by atoms with E-state index in [1.807, 2.05) is 12.4 Å². The van der Waals surface area contributed by atoms with Crippen molar-refractivity contribution in [3.05, 3.63) is 47.8 Å². The molecule has 0 N–H and O–H groups in total. The van der Waals surface area contributed by atoms with E-state index < -0.39 is 0 Å². The molecule has 0 unspecified atom stereocenters. The Morgan fingerprint density at radius 1 is 1.09 bits per heavy atom. The van der Waals surface area contributed by atoms with E-state index in [4.69, 9.17) is 0 Å². The van der Waals surface area contributed by atoms with Gasteiger partial charge in [0.05, 0.1) is 5.69 Å². The lowest BCUT2D eigenvalue weighted by atomic mass is 10.2. The molecule has 1 aliphatic heterocycles. The molecular formula is C16H20FN5. The highest BCUT2D eigenvalue weighted by Gasteiger charge is 2.20. The quantitative estimate of drug-likeness (QED) is 0.863. The molecule has 1 saturated heterocycles. The largest absolute Gasteiger partial charge is 0.338 e. The average Bonchev–Trinajstić information content (AvgIpc) is 2.58. The molecule has 22 heavy (non-hydrogen) atoms. The van der Waals surface area contributed by atoms with Crippen LogP contribution in [0.5, 0.6) is 0 Å². The summed E-state index contributed by atoms with van der Waals surface area (Å²) in [6.07, 6.45) is 6.36. The summed E-state index contributed by atoms with van der Waals surface area (Å²) in [5.41, 5.74) is 1.66. The third kappa shape index (κ3) is 3.39. The first-order chi connectivity index (χ1) is 10.8. The fraction of sp³-hybridized carbons (Fsp3) is 0.438. The number of rotatable bonds is 4. The number of hydrogen-bond donors (Lipinski definition) is 0. The van der Waals surface area contributed by atoms with Crippen molar-refractivity contribution in [3.63, 3.8) is 0 Å². The van der Waals surface area contributed by atoms with Crippen LogP contribution in [-0.4, -0.2) is 46.0 Å². The second-order valence-corrected chi connectivity index (χ2v) is 5.44. The van der Waals surface area contributed by atoms with Crippen molar-refractivity contribution in [2.75, 3.05) is 31.1 Å². The first-order valence-corrected chi connectivity index (χ1v) is 7.64. The number of hydrogen-bond acceptors (Lipinski definition) is 5. The van der Waals surface area contributed by atoms with Gasteiger partial charge in [-0.3, -0.25) is 9.88 Å². The number of piperazine rings is 1. The highest BCUT2D eigenvalue weighted by Crippen LogP contribution is 2.13. The normalized spacial score (nSPS) is 16.0. The van der Waals surface area contributed by atoms with Crippen LogP contribution in [0.3, 0.4) is 0 Å². The third-order valence-electron chi connectivity index (χ3n) is 3.96. The number of halogens is 1. The van der Waals surface area contributed by atoms with Crippen LogP contribution in [-0.2, 0) is 13.0 Å². The molecule has 5 nitrogen and oxygen atoms in total. The van der Waals surface area contributed by atoms with E-state index in [1.165, 1.54) is 6.07 Å². The lowest BCUT2D eigenvalue weighted by Gasteiger charge is -2.34. The lowest BCUT2D eigenvalue weighted by Crippen LogP contribution is -2.46. The van der Waals surface area contributed by atoms with Crippen molar-refractivity contribution in [1.29, 1.82) is 0 Å². The summed E-state index contributed by atoms with van der Waals surface area (Å²) in [4.78, 5) is 17.3. The number of pyridine rings is 1. The molecule has 0 aliphatic carbocycles. The fourth-order valence-corrected chi connectivity index (χ4v) is 2.55. The van der Waals surface area contributed by atoms with Gasteiger partial charge in [0.2, 0.25) is 5.95 Å². The average molecular weight is 301 g/mol. The smallest absolute Gasteiger partial charge is 0.225 e. The van der Waals surface area contributed by atoms with Crippen LogP contribution in [0.15, 0.2) is 30.7 Å². The topological polar surface area (TPSA) is 45.2 Å². The maximum absolute atomic E-state index is 13.6. The standard InChI is InChI=1S/C16H20FN5/c1-2-13-10-19-16(20-11-13)22-8-6-21(7-9-22)12-15-14(17)4-3-5-18-15/h3-5,10-11H,2,6-9,12H2,1H3. The Bertz CT molecular complexity index is 608. The molecule has 0 spiro atoms. The predicted octanol–water partition coefficient (Wildman–Crippen LogP) is 1.90. The Morgan fingerprint density at radius 2 is 1.82 bits per heavy atom. The third-order valence-corrected chi connectivity index (χ3v) is 3.96. The zero-order valence-electron chi connectivity index (χ0n) is 12.7. The summed E-state index contributed by atoms with van der Waals surface area (Å²) >= 11 is 0. The van der Waals surface area contributed by atoms with Gasteiger partial charge in [-0.05, 0) is 24.1 Å². The molecule has 2 aromatic heterocycles. The summed E-state index contributed by atoms with van der Waals surface area (Å²) < 4.78 is 13.6. The van der Waals surface area contributed by atoms with Crippen LogP contribution in [0.4, 0.5) is 10.3 Å². The molecule has 0 saturated carbocycles. The summed E-state index contributed by atoms with van der Waals surface area (Å²) in [5.74, 6) is 0.546. The molecule has 0 radical (unpaired) electrons. The Balaban J connectivity index is 1.57. The second-order valence-electron chi connectivity index (χ2n) is 5.44. The molecule has 0 aromatic carbocycles. The Labute approximate surface area is 129 Å². The van der Waals surface area contributed by atoms with E-state index in [9.17, 15) is 4.39 Å². The highest BCUT2D eigenvalue weighted by atomic mass is 19.1. The van der Waals surface area contributed by atoms with Crippen LogP contribution < -0.4 is 4.90 Å². The van der Waals surface area contributed by atoms with Gasteiger partial charge in [0.25, 0.3) is 0 Å². The van der Waals surface area contributed by atoms with Crippen molar-refractivity contribution in [2.24, 2.45) is 0 Å².